The van der Waals surface area contributed by atoms with Crippen LogP contribution in [0.2, 0.25) is 5.02 Å². The predicted octanol–water partition coefficient (Wildman–Crippen LogP) is 5.37. The lowest BCUT2D eigenvalue weighted by Gasteiger charge is -2.23. The SMILES string of the molecule is O=C(O)c1ccc(CN(Cc2ccccc2)C(=O)[C@@H]2C[C@@H]2c2ccc(Cl)cc2)cc1. The van der Waals surface area contributed by atoms with Crippen molar-refractivity contribution in [3.05, 3.63) is 106 Å². The van der Waals surface area contributed by atoms with E-state index in [0.717, 1.165) is 23.1 Å². The van der Waals surface area contributed by atoms with Gasteiger partial charge in [-0.15, -0.1) is 0 Å². The number of carbonyl (C=O) groups is 2. The fraction of sp³-hybridized carbons (Fsp3) is 0.200. The highest BCUT2D eigenvalue weighted by atomic mass is 35.5. The Morgan fingerprint density at radius 3 is 2.07 bits per heavy atom. The number of hydrogen-bond donors (Lipinski definition) is 1. The van der Waals surface area contributed by atoms with E-state index in [1.807, 2.05) is 59.5 Å². The van der Waals surface area contributed by atoms with Gasteiger partial charge in [-0.25, -0.2) is 4.79 Å². The Morgan fingerprint density at radius 1 is 0.867 bits per heavy atom. The van der Waals surface area contributed by atoms with Gasteiger partial charge in [0, 0.05) is 24.0 Å². The first-order valence-electron chi connectivity index (χ1n) is 9.91. The molecule has 3 aromatic carbocycles. The summed E-state index contributed by atoms with van der Waals surface area (Å²) in [4.78, 5) is 26.3. The number of amides is 1. The second-order valence-electron chi connectivity index (χ2n) is 7.68. The number of hydrogen-bond acceptors (Lipinski definition) is 2. The van der Waals surface area contributed by atoms with Crippen LogP contribution >= 0.6 is 11.6 Å². The molecule has 0 bridgehead atoms. The molecule has 0 saturated heterocycles. The fourth-order valence-corrected chi connectivity index (χ4v) is 3.90. The molecule has 1 aliphatic carbocycles. The summed E-state index contributed by atoms with van der Waals surface area (Å²) in [6, 6.07) is 24.3. The van der Waals surface area contributed by atoms with E-state index in [0.29, 0.717) is 18.1 Å². The third kappa shape index (κ3) is 4.71. The van der Waals surface area contributed by atoms with E-state index in [1.165, 1.54) is 0 Å². The van der Waals surface area contributed by atoms with Crippen molar-refractivity contribution in [2.45, 2.75) is 25.4 Å². The molecule has 0 unspecified atom stereocenters. The Bertz CT molecular complexity index is 1030. The lowest BCUT2D eigenvalue weighted by Crippen LogP contribution is -2.31. The van der Waals surface area contributed by atoms with Gasteiger partial charge in [-0.1, -0.05) is 66.2 Å². The van der Waals surface area contributed by atoms with E-state index < -0.39 is 5.97 Å². The predicted molar refractivity (Wildman–Crippen MR) is 116 cm³/mol. The van der Waals surface area contributed by atoms with Gasteiger partial charge in [0.15, 0.2) is 0 Å². The fourth-order valence-electron chi connectivity index (χ4n) is 3.77. The Kier molecular flexibility index (Phi) is 5.86. The zero-order valence-electron chi connectivity index (χ0n) is 16.4. The van der Waals surface area contributed by atoms with E-state index in [9.17, 15) is 9.59 Å². The van der Waals surface area contributed by atoms with Crippen molar-refractivity contribution in [1.29, 1.82) is 0 Å². The van der Waals surface area contributed by atoms with E-state index >= 15 is 0 Å². The molecule has 1 N–H and O–H groups in total. The molecule has 5 heteroatoms. The molecular weight excluding hydrogens is 398 g/mol. The summed E-state index contributed by atoms with van der Waals surface area (Å²) in [5.74, 6) is -0.640. The zero-order valence-corrected chi connectivity index (χ0v) is 17.1. The first kappa shape index (κ1) is 20.2. The number of carbonyl (C=O) groups excluding carboxylic acids is 1. The summed E-state index contributed by atoms with van der Waals surface area (Å²) in [6.45, 7) is 0.960. The van der Waals surface area contributed by atoms with Crippen LogP contribution in [0.15, 0.2) is 78.9 Å². The quantitative estimate of drug-likeness (QED) is 0.560. The van der Waals surface area contributed by atoms with Crippen LogP contribution in [-0.4, -0.2) is 21.9 Å². The number of rotatable bonds is 7. The third-order valence-corrected chi connectivity index (χ3v) is 5.76. The van der Waals surface area contributed by atoms with Crippen LogP contribution in [0.1, 0.15) is 39.4 Å². The molecule has 0 heterocycles. The maximum atomic E-state index is 13.3. The average Bonchev–Trinajstić information content (AvgIpc) is 3.55. The van der Waals surface area contributed by atoms with Crippen LogP contribution in [0.25, 0.3) is 0 Å². The maximum Gasteiger partial charge on any atom is 0.335 e. The number of carboxylic acid groups (broad SMARTS) is 1. The van der Waals surface area contributed by atoms with Crippen LogP contribution in [0.4, 0.5) is 0 Å². The molecule has 1 aliphatic rings. The van der Waals surface area contributed by atoms with Gasteiger partial charge in [0.1, 0.15) is 0 Å². The van der Waals surface area contributed by atoms with E-state index in [2.05, 4.69) is 0 Å². The van der Waals surface area contributed by atoms with E-state index in [1.54, 1.807) is 24.3 Å². The number of halogens is 1. The van der Waals surface area contributed by atoms with Crippen LogP contribution < -0.4 is 0 Å². The second-order valence-corrected chi connectivity index (χ2v) is 8.12. The Balaban J connectivity index is 1.51. The molecule has 0 aromatic heterocycles. The topological polar surface area (TPSA) is 57.6 Å². The first-order chi connectivity index (χ1) is 14.5. The number of nitrogens with zero attached hydrogens (tertiary/aromatic N) is 1. The minimum Gasteiger partial charge on any atom is -0.478 e. The monoisotopic (exact) mass is 419 g/mol. The zero-order chi connectivity index (χ0) is 21.1. The number of carboxylic acids is 1. The Labute approximate surface area is 180 Å². The van der Waals surface area contributed by atoms with Crippen molar-refractivity contribution in [3.63, 3.8) is 0 Å². The molecule has 30 heavy (non-hydrogen) atoms. The van der Waals surface area contributed by atoms with Crippen LogP contribution in [0.3, 0.4) is 0 Å². The molecule has 4 rings (SSSR count). The summed E-state index contributed by atoms with van der Waals surface area (Å²) in [7, 11) is 0. The average molecular weight is 420 g/mol. The van der Waals surface area contributed by atoms with Crippen LogP contribution in [-0.2, 0) is 17.9 Å². The lowest BCUT2D eigenvalue weighted by molar-refractivity contribution is -0.134. The minimum atomic E-state index is -0.956. The van der Waals surface area contributed by atoms with Crippen molar-refractivity contribution >= 4 is 23.5 Å². The molecule has 0 aliphatic heterocycles. The molecule has 1 fully saturated rings. The van der Waals surface area contributed by atoms with Gasteiger partial charge in [-0.2, -0.15) is 0 Å². The summed E-state index contributed by atoms with van der Waals surface area (Å²) in [5, 5.41) is 9.80. The molecule has 0 radical (unpaired) electrons. The largest absolute Gasteiger partial charge is 0.478 e. The highest BCUT2D eigenvalue weighted by Crippen LogP contribution is 2.48. The summed E-state index contributed by atoms with van der Waals surface area (Å²) in [5.41, 5.74) is 3.36. The number of benzene rings is 3. The van der Waals surface area contributed by atoms with Gasteiger partial charge in [0.25, 0.3) is 0 Å². The summed E-state index contributed by atoms with van der Waals surface area (Å²) < 4.78 is 0. The van der Waals surface area contributed by atoms with Gasteiger partial charge >= 0.3 is 5.97 Å². The molecule has 4 nitrogen and oxygen atoms in total. The van der Waals surface area contributed by atoms with Gasteiger partial charge in [0.05, 0.1) is 5.56 Å². The summed E-state index contributed by atoms with van der Waals surface area (Å²) in [6.07, 6.45) is 0.837. The highest BCUT2D eigenvalue weighted by Gasteiger charge is 2.45. The van der Waals surface area contributed by atoms with Crippen molar-refractivity contribution in [3.8, 4) is 0 Å². The van der Waals surface area contributed by atoms with E-state index in [4.69, 9.17) is 16.7 Å². The molecule has 1 amide bonds. The van der Waals surface area contributed by atoms with Gasteiger partial charge < -0.3 is 10.0 Å². The van der Waals surface area contributed by atoms with Gasteiger partial charge in [0.2, 0.25) is 5.91 Å². The normalized spacial score (nSPS) is 17.4. The van der Waals surface area contributed by atoms with Crippen LogP contribution in [0.5, 0.6) is 0 Å². The van der Waals surface area contributed by atoms with E-state index in [-0.39, 0.29) is 23.3 Å². The lowest BCUT2D eigenvalue weighted by atomic mass is 10.1. The highest BCUT2D eigenvalue weighted by molar-refractivity contribution is 6.30. The summed E-state index contributed by atoms with van der Waals surface area (Å²) >= 11 is 5.99. The molecule has 3 aromatic rings. The van der Waals surface area contributed by atoms with Crippen molar-refractivity contribution < 1.29 is 14.7 Å². The standard InChI is InChI=1S/C25H22ClNO3/c26-21-12-10-19(11-13-21)22-14-23(22)24(28)27(15-17-4-2-1-3-5-17)16-18-6-8-20(9-7-18)25(29)30/h1-13,22-23H,14-16H2,(H,29,30)/t22-,23-/m1/s1. The Morgan fingerprint density at radius 2 is 1.47 bits per heavy atom. The molecular formula is C25H22ClNO3. The molecule has 0 spiro atoms. The first-order valence-corrected chi connectivity index (χ1v) is 10.3. The number of aromatic carboxylic acids is 1. The van der Waals surface area contributed by atoms with Crippen molar-refractivity contribution in [2.75, 3.05) is 0 Å². The maximum absolute atomic E-state index is 13.3. The van der Waals surface area contributed by atoms with Gasteiger partial charge in [-0.3, -0.25) is 4.79 Å². The molecule has 2 atom stereocenters. The van der Waals surface area contributed by atoms with Crippen molar-refractivity contribution in [2.24, 2.45) is 5.92 Å². The molecule has 1 saturated carbocycles. The molecule has 152 valence electrons. The second kappa shape index (κ2) is 8.72. The van der Waals surface area contributed by atoms with Gasteiger partial charge in [-0.05, 0) is 53.3 Å². The van der Waals surface area contributed by atoms with Crippen molar-refractivity contribution in [1.82, 2.24) is 4.90 Å². The minimum absolute atomic E-state index is 0.0341. The van der Waals surface area contributed by atoms with Crippen LogP contribution in [0, 0.1) is 5.92 Å². The smallest absolute Gasteiger partial charge is 0.335 e. The third-order valence-electron chi connectivity index (χ3n) is 5.51. The Hall–Kier alpha value is -3.11.